The fourth-order valence-electron chi connectivity index (χ4n) is 5.83. The van der Waals surface area contributed by atoms with E-state index in [1.807, 2.05) is 60.7 Å². The third-order valence-corrected chi connectivity index (χ3v) is 7.86. The van der Waals surface area contributed by atoms with Crippen LogP contribution in [-0.4, -0.2) is 19.5 Å². The normalized spacial score (nSPS) is 11.3. The predicted molar refractivity (Wildman–Crippen MR) is 176 cm³/mol. The van der Waals surface area contributed by atoms with Crippen LogP contribution in [0.25, 0.3) is 72.8 Å². The maximum absolute atomic E-state index is 4.91. The highest BCUT2D eigenvalue weighted by Gasteiger charge is 2.17. The van der Waals surface area contributed by atoms with Gasteiger partial charge in [0.1, 0.15) is 0 Å². The molecule has 0 N–H and O–H groups in total. The van der Waals surface area contributed by atoms with Gasteiger partial charge in [-0.25, -0.2) is 15.0 Å². The van der Waals surface area contributed by atoms with Crippen molar-refractivity contribution < 1.29 is 0 Å². The minimum absolute atomic E-state index is 0.649. The molecular weight excluding hydrogens is 524 g/mol. The zero-order valence-corrected chi connectivity index (χ0v) is 23.3. The molecule has 0 unspecified atom stereocenters. The number of para-hydroxylation sites is 3. The Balaban J connectivity index is 1.28. The summed E-state index contributed by atoms with van der Waals surface area (Å²) in [7, 11) is 0. The number of nitrogens with zero attached hydrogens (tertiary/aromatic N) is 4. The van der Waals surface area contributed by atoms with Crippen molar-refractivity contribution in [2.24, 2.45) is 0 Å². The lowest BCUT2D eigenvalue weighted by molar-refractivity contribution is 1.07. The van der Waals surface area contributed by atoms with Crippen LogP contribution in [0.4, 0.5) is 0 Å². The predicted octanol–water partition coefficient (Wildman–Crippen LogP) is 9.64. The van der Waals surface area contributed by atoms with Crippen LogP contribution in [0.1, 0.15) is 0 Å². The summed E-state index contributed by atoms with van der Waals surface area (Å²) < 4.78 is 2.37. The summed E-state index contributed by atoms with van der Waals surface area (Å²) in [5.74, 6) is 1.97. The number of hydrogen-bond donors (Lipinski definition) is 0. The SMILES string of the molecule is c1ccc(-c2nc(-c3ccccc3)nc(-c3ccc(-c4cccc5c6ccccc6n(-c6ccccc6)c45)cc3)n2)cc1. The molecular formula is C39H26N4. The number of rotatable bonds is 5. The zero-order chi connectivity index (χ0) is 28.6. The Hall–Kier alpha value is -5.87. The number of fused-ring (bicyclic) bond motifs is 3. The van der Waals surface area contributed by atoms with Crippen LogP contribution in [0, 0.1) is 0 Å². The average molecular weight is 551 g/mol. The van der Waals surface area contributed by atoms with E-state index in [9.17, 15) is 0 Å². The molecule has 0 aliphatic rings. The first-order chi connectivity index (χ1) is 21.3. The molecule has 4 heteroatoms. The third kappa shape index (κ3) is 4.46. The summed E-state index contributed by atoms with van der Waals surface area (Å²) in [6.45, 7) is 0. The smallest absolute Gasteiger partial charge is 0.164 e. The number of aromatic nitrogens is 4. The standard InChI is InChI=1S/C39H26N4/c1-4-13-28(14-5-1)37-40-38(29-15-6-2-7-16-29)42-39(41-37)30-25-23-27(24-26-30)32-20-12-21-34-33-19-10-11-22-35(33)43(36(32)34)31-17-8-3-9-18-31/h1-26H. The lowest BCUT2D eigenvalue weighted by Gasteiger charge is -2.12. The molecule has 0 amide bonds. The van der Waals surface area contributed by atoms with Crippen LogP contribution in [0.15, 0.2) is 158 Å². The minimum atomic E-state index is 0.649. The second-order valence-electron chi connectivity index (χ2n) is 10.5. The molecule has 2 aromatic heterocycles. The van der Waals surface area contributed by atoms with Crippen LogP contribution in [0.3, 0.4) is 0 Å². The molecule has 2 heterocycles. The van der Waals surface area contributed by atoms with E-state index in [4.69, 9.17) is 15.0 Å². The zero-order valence-electron chi connectivity index (χ0n) is 23.3. The van der Waals surface area contributed by atoms with Gasteiger partial charge in [0.2, 0.25) is 0 Å². The minimum Gasteiger partial charge on any atom is -0.309 e. The van der Waals surface area contributed by atoms with Crippen LogP contribution in [0.5, 0.6) is 0 Å². The van der Waals surface area contributed by atoms with Gasteiger partial charge in [0.15, 0.2) is 17.5 Å². The van der Waals surface area contributed by atoms with Gasteiger partial charge >= 0.3 is 0 Å². The molecule has 8 aromatic rings. The van der Waals surface area contributed by atoms with Crippen molar-refractivity contribution >= 4 is 21.8 Å². The number of benzene rings is 6. The Morgan fingerprint density at radius 2 is 0.814 bits per heavy atom. The lowest BCUT2D eigenvalue weighted by atomic mass is 10.0. The van der Waals surface area contributed by atoms with Crippen LogP contribution in [-0.2, 0) is 0 Å². The largest absolute Gasteiger partial charge is 0.309 e. The molecule has 0 spiro atoms. The lowest BCUT2D eigenvalue weighted by Crippen LogP contribution is -2.00. The van der Waals surface area contributed by atoms with Gasteiger partial charge in [0.25, 0.3) is 0 Å². The van der Waals surface area contributed by atoms with Gasteiger partial charge in [0, 0.05) is 38.7 Å². The summed E-state index contributed by atoms with van der Waals surface area (Å²) >= 11 is 0. The van der Waals surface area contributed by atoms with Gasteiger partial charge < -0.3 is 4.57 Å². The van der Waals surface area contributed by atoms with Gasteiger partial charge in [-0.2, -0.15) is 0 Å². The van der Waals surface area contributed by atoms with Gasteiger partial charge in [-0.1, -0.05) is 140 Å². The summed E-state index contributed by atoms with van der Waals surface area (Å²) in [6, 6.07) is 54.5. The second-order valence-corrected chi connectivity index (χ2v) is 10.5. The maximum Gasteiger partial charge on any atom is 0.164 e. The fourth-order valence-corrected chi connectivity index (χ4v) is 5.83. The highest BCUT2D eigenvalue weighted by Crippen LogP contribution is 2.38. The summed E-state index contributed by atoms with van der Waals surface area (Å²) in [5.41, 5.74) is 8.70. The van der Waals surface area contributed by atoms with E-state index in [-0.39, 0.29) is 0 Å². The van der Waals surface area contributed by atoms with E-state index >= 15 is 0 Å². The second kappa shape index (κ2) is 10.5. The van der Waals surface area contributed by atoms with E-state index in [2.05, 4.69) is 102 Å². The molecule has 0 saturated heterocycles. The first kappa shape index (κ1) is 24.9. The number of hydrogen-bond acceptors (Lipinski definition) is 3. The van der Waals surface area contributed by atoms with E-state index in [0.29, 0.717) is 17.5 Å². The van der Waals surface area contributed by atoms with Crippen molar-refractivity contribution in [1.29, 1.82) is 0 Å². The highest BCUT2D eigenvalue weighted by atomic mass is 15.0. The van der Waals surface area contributed by atoms with Gasteiger partial charge in [0.05, 0.1) is 11.0 Å². The van der Waals surface area contributed by atoms with Crippen molar-refractivity contribution in [1.82, 2.24) is 19.5 Å². The average Bonchev–Trinajstić information content (AvgIpc) is 3.44. The van der Waals surface area contributed by atoms with E-state index in [1.165, 1.54) is 27.4 Å². The first-order valence-electron chi connectivity index (χ1n) is 14.4. The molecule has 8 rings (SSSR count). The molecule has 4 nitrogen and oxygen atoms in total. The molecule has 0 saturated carbocycles. The summed E-state index contributed by atoms with van der Waals surface area (Å²) in [4.78, 5) is 14.6. The van der Waals surface area contributed by atoms with Crippen molar-refractivity contribution in [2.45, 2.75) is 0 Å². The molecule has 6 aromatic carbocycles. The first-order valence-corrected chi connectivity index (χ1v) is 14.4. The monoisotopic (exact) mass is 550 g/mol. The molecule has 43 heavy (non-hydrogen) atoms. The molecule has 0 atom stereocenters. The van der Waals surface area contributed by atoms with Gasteiger partial charge in [-0.3, -0.25) is 0 Å². The third-order valence-electron chi connectivity index (χ3n) is 7.86. The quantitative estimate of drug-likeness (QED) is 0.214. The summed E-state index contributed by atoms with van der Waals surface area (Å²) in [5, 5.41) is 2.48. The van der Waals surface area contributed by atoms with Crippen molar-refractivity contribution in [3.63, 3.8) is 0 Å². The van der Waals surface area contributed by atoms with Gasteiger partial charge in [-0.15, -0.1) is 0 Å². The van der Waals surface area contributed by atoms with Crippen LogP contribution >= 0.6 is 0 Å². The fraction of sp³-hybridized carbons (Fsp3) is 0. The molecule has 0 radical (unpaired) electrons. The molecule has 0 fully saturated rings. The molecule has 0 bridgehead atoms. The van der Waals surface area contributed by atoms with E-state index in [1.54, 1.807) is 0 Å². The van der Waals surface area contributed by atoms with E-state index < -0.39 is 0 Å². The highest BCUT2D eigenvalue weighted by molar-refractivity contribution is 6.13. The Bertz CT molecular complexity index is 2150. The van der Waals surface area contributed by atoms with Crippen LogP contribution in [0.2, 0.25) is 0 Å². The summed E-state index contributed by atoms with van der Waals surface area (Å²) in [6.07, 6.45) is 0. The topological polar surface area (TPSA) is 43.6 Å². The van der Waals surface area contributed by atoms with Crippen molar-refractivity contribution in [3.05, 3.63) is 158 Å². The molecule has 0 aliphatic carbocycles. The molecule has 0 aliphatic heterocycles. The van der Waals surface area contributed by atoms with E-state index in [0.717, 1.165) is 27.9 Å². The maximum atomic E-state index is 4.91. The Morgan fingerprint density at radius 1 is 0.349 bits per heavy atom. The Morgan fingerprint density at radius 3 is 1.42 bits per heavy atom. The van der Waals surface area contributed by atoms with Crippen molar-refractivity contribution in [2.75, 3.05) is 0 Å². The Kier molecular flexibility index (Phi) is 6.08. The molecule has 202 valence electrons. The Labute approximate surface area is 249 Å². The van der Waals surface area contributed by atoms with Gasteiger partial charge in [-0.05, 0) is 23.8 Å². The van der Waals surface area contributed by atoms with Crippen LogP contribution < -0.4 is 0 Å². The van der Waals surface area contributed by atoms with Crippen molar-refractivity contribution in [3.8, 4) is 51.0 Å².